The summed E-state index contributed by atoms with van der Waals surface area (Å²) in [4.78, 5) is 16.8. The molecule has 1 saturated heterocycles. The average Bonchev–Trinajstić information content (AvgIpc) is 3.22. The molecular formula is C25H27FN2O3. The molecule has 1 aliphatic rings. The van der Waals surface area contributed by atoms with Crippen LogP contribution in [0.4, 0.5) is 4.39 Å². The van der Waals surface area contributed by atoms with Gasteiger partial charge in [0.25, 0.3) is 5.91 Å². The second kappa shape index (κ2) is 9.35. The molecule has 4 rings (SSSR count). The lowest BCUT2D eigenvalue weighted by Gasteiger charge is -2.34. The van der Waals surface area contributed by atoms with Gasteiger partial charge in [-0.05, 0) is 55.3 Å². The quantitative estimate of drug-likeness (QED) is 0.584. The van der Waals surface area contributed by atoms with Crippen LogP contribution in [0.5, 0.6) is 5.75 Å². The third-order valence-corrected chi connectivity index (χ3v) is 5.46. The summed E-state index contributed by atoms with van der Waals surface area (Å²) < 4.78 is 25.4. The molecule has 1 aromatic heterocycles. The number of nitrogens with zero attached hydrogens (tertiary/aromatic N) is 2. The number of hydrogen-bond acceptors (Lipinski definition) is 4. The van der Waals surface area contributed by atoms with Gasteiger partial charge in [-0.25, -0.2) is 4.39 Å². The van der Waals surface area contributed by atoms with Crippen LogP contribution in [0, 0.1) is 19.7 Å². The molecule has 0 aliphatic carbocycles. The van der Waals surface area contributed by atoms with Gasteiger partial charge in [-0.1, -0.05) is 24.3 Å². The number of aryl methyl sites for hydroxylation is 2. The minimum Gasteiger partial charge on any atom is -0.486 e. The molecule has 5 nitrogen and oxygen atoms in total. The Balaban J connectivity index is 1.29. The average molecular weight is 423 g/mol. The monoisotopic (exact) mass is 422 g/mol. The van der Waals surface area contributed by atoms with E-state index in [0.29, 0.717) is 49.8 Å². The molecule has 0 radical (unpaired) electrons. The van der Waals surface area contributed by atoms with Crippen molar-refractivity contribution in [3.63, 3.8) is 0 Å². The molecule has 1 aliphatic heterocycles. The van der Waals surface area contributed by atoms with Crippen molar-refractivity contribution in [2.24, 2.45) is 0 Å². The molecule has 1 fully saturated rings. The molecule has 1 amide bonds. The standard InChI is InChI=1S/C25H27FN2O3/c1-18-13-19(2)15-22(14-18)30-17-21-7-8-24(31-21)25(29)28-11-9-27(10-12-28)16-20-5-3-4-6-23(20)26/h3-8,13-15H,9-12,16-17H2,1-2H3. The Hall–Kier alpha value is -3.12. The fourth-order valence-electron chi connectivity index (χ4n) is 3.87. The van der Waals surface area contributed by atoms with Crippen molar-refractivity contribution in [1.82, 2.24) is 9.80 Å². The summed E-state index contributed by atoms with van der Waals surface area (Å²) in [6.45, 7) is 7.44. The van der Waals surface area contributed by atoms with Crippen molar-refractivity contribution in [1.29, 1.82) is 0 Å². The van der Waals surface area contributed by atoms with Crippen LogP contribution in [0.1, 0.15) is 33.0 Å². The van der Waals surface area contributed by atoms with E-state index in [1.54, 1.807) is 29.2 Å². The van der Waals surface area contributed by atoms with Gasteiger partial charge in [0, 0.05) is 38.3 Å². The van der Waals surface area contributed by atoms with Crippen LogP contribution in [0.25, 0.3) is 0 Å². The zero-order valence-corrected chi connectivity index (χ0v) is 17.9. The number of rotatable bonds is 6. The second-order valence-electron chi connectivity index (χ2n) is 8.04. The fraction of sp³-hybridized carbons (Fsp3) is 0.320. The van der Waals surface area contributed by atoms with Gasteiger partial charge in [0.2, 0.25) is 0 Å². The van der Waals surface area contributed by atoms with Gasteiger partial charge in [0.15, 0.2) is 5.76 Å². The summed E-state index contributed by atoms with van der Waals surface area (Å²) in [7, 11) is 0. The minimum absolute atomic E-state index is 0.122. The maximum atomic E-state index is 13.9. The smallest absolute Gasteiger partial charge is 0.289 e. The molecule has 31 heavy (non-hydrogen) atoms. The first-order valence-corrected chi connectivity index (χ1v) is 10.5. The Morgan fingerprint density at radius 3 is 2.42 bits per heavy atom. The first-order chi connectivity index (χ1) is 15.0. The lowest BCUT2D eigenvalue weighted by Crippen LogP contribution is -2.48. The van der Waals surface area contributed by atoms with Gasteiger partial charge in [-0.15, -0.1) is 0 Å². The van der Waals surface area contributed by atoms with Crippen LogP contribution >= 0.6 is 0 Å². The first kappa shape index (κ1) is 21.1. The SMILES string of the molecule is Cc1cc(C)cc(OCc2ccc(C(=O)N3CCN(Cc4ccccc4F)CC3)o2)c1. The Kier molecular flexibility index (Phi) is 6.37. The molecule has 6 heteroatoms. The summed E-state index contributed by atoms with van der Waals surface area (Å²) in [6.07, 6.45) is 0. The van der Waals surface area contributed by atoms with Crippen LogP contribution in [-0.4, -0.2) is 41.9 Å². The van der Waals surface area contributed by atoms with Gasteiger partial charge in [0.05, 0.1) is 0 Å². The third kappa shape index (κ3) is 5.33. The molecule has 0 spiro atoms. The molecule has 0 unspecified atom stereocenters. The van der Waals surface area contributed by atoms with Crippen LogP contribution in [0.15, 0.2) is 59.0 Å². The summed E-state index contributed by atoms with van der Waals surface area (Å²) in [5.41, 5.74) is 2.96. The number of carbonyl (C=O) groups is 1. The van der Waals surface area contributed by atoms with Gasteiger partial charge < -0.3 is 14.1 Å². The van der Waals surface area contributed by atoms with E-state index in [1.807, 2.05) is 32.0 Å². The molecule has 0 atom stereocenters. The topological polar surface area (TPSA) is 45.9 Å². The largest absolute Gasteiger partial charge is 0.486 e. The molecule has 162 valence electrons. The number of carbonyl (C=O) groups excluding carboxylic acids is 1. The van der Waals surface area contributed by atoms with Crippen molar-refractivity contribution in [3.05, 3.63) is 88.6 Å². The molecular weight excluding hydrogens is 395 g/mol. The molecule has 0 N–H and O–H groups in total. The first-order valence-electron chi connectivity index (χ1n) is 10.5. The lowest BCUT2D eigenvalue weighted by atomic mass is 10.1. The molecule has 2 heterocycles. The number of furan rings is 1. The number of piperazine rings is 1. The number of amides is 1. The number of hydrogen-bond donors (Lipinski definition) is 0. The van der Waals surface area contributed by atoms with E-state index < -0.39 is 0 Å². The predicted molar refractivity (Wildman–Crippen MR) is 117 cm³/mol. The normalized spacial score (nSPS) is 14.6. The van der Waals surface area contributed by atoms with E-state index in [1.165, 1.54) is 6.07 Å². The van der Waals surface area contributed by atoms with Crippen LogP contribution in [0.2, 0.25) is 0 Å². The third-order valence-electron chi connectivity index (χ3n) is 5.46. The van der Waals surface area contributed by atoms with Crippen molar-refractivity contribution in [3.8, 4) is 5.75 Å². The van der Waals surface area contributed by atoms with Crippen molar-refractivity contribution in [2.45, 2.75) is 27.0 Å². The highest BCUT2D eigenvalue weighted by molar-refractivity contribution is 5.91. The highest BCUT2D eigenvalue weighted by atomic mass is 19.1. The highest BCUT2D eigenvalue weighted by Crippen LogP contribution is 2.19. The van der Waals surface area contributed by atoms with Crippen molar-refractivity contribution < 1.29 is 18.3 Å². The zero-order valence-electron chi connectivity index (χ0n) is 17.9. The maximum Gasteiger partial charge on any atom is 0.289 e. The minimum atomic E-state index is -0.188. The zero-order chi connectivity index (χ0) is 21.8. The predicted octanol–water partition coefficient (Wildman–Crippen LogP) is 4.57. The van der Waals surface area contributed by atoms with E-state index in [0.717, 1.165) is 16.9 Å². The van der Waals surface area contributed by atoms with E-state index in [9.17, 15) is 9.18 Å². The highest BCUT2D eigenvalue weighted by Gasteiger charge is 2.24. The lowest BCUT2D eigenvalue weighted by molar-refractivity contribution is 0.0593. The van der Waals surface area contributed by atoms with Gasteiger partial charge >= 0.3 is 0 Å². The second-order valence-corrected chi connectivity index (χ2v) is 8.04. The number of ether oxygens (including phenoxy) is 1. The van der Waals surface area contributed by atoms with E-state index in [4.69, 9.17) is 9.15 Å². The summed E-state index contributed by atoms with van der Waals surface area (Å²) in [5, 5.41) is 0. The molecule has 0 bridgehead atoms. The van der Waals surface area contributed by atoms with Gasteiger partial charge in [-0.2, -0.15) is 0 Å². The Bertz CT molecular complexity index is 1030. The van der Waals surface area contributed by atoms with E-state index >= 15 is 0 Å². The maximum absolute atomic E-state index is 13.9. The Morgan fingerprint density at radius 1 is 1.00 bits per heavy atom. The Morgan fingerprint density at radius 2 is 1.71 bits per heavy atom. The summed E-state index contributed by atoms with van der Waals surface area (Å²) >= 11 is 0. The van der Waals surface area contributed by atoms with E-state index in [2.05, 4.69) is 11.0 Å². The van der Waals surface area contributed by atoms with E-state index in [-0.39, 0.29) is 18.3 Å². The fourth-order valence-corrected chi connectivity index (χ4v) is 3.87. The summed E-state index contributed by atoms with van der Waals surface area (Å²) in [6, 6.07) is 16.3. The number of halogens is 1. The van der Waals surface area contributed by atoms with Crippen LogP contribution in [0.3, 0.4) is 0 Å². The summed E-state index contributed by atoms with van der Waals surface area (Å²) in [5.74, 6) is 1.41. The van der Waals surface area contributed by atoms with Crippen molar-refractivity contribution in [2.75, 3.05) is 26.2 Å². The number of benzene rings is 2. The van der Waals surface area contributed by atoms with Crippen LogP contribution in [-0.2, 0) is 13.2 Å². The molecule has 0 saturated carbocycles. The van der Waals surface area contributed by atoms with Crippen molar-refractivity contribution >= 4 is 5.91 Å². The van der Waals surface area contributed by atoms with Gasteiger partial charge in [0.1, 0.15) is 23.9 Å². The molecule has 3 aromatic rings. The van der Waals surface area contributed by atoms with Gasteiger partial charge in [-0.3, -0.25) is 9.69 Å². The van der Waals surface area contributed by atoms with Crippen LogP contribution < -0.4 is 4.74 Å². The Labute approximate surface area is 182 Å². The molecule has 2 aromatic carbocycles.